The van der Waals surface area contributed by atoms with E-state index in [-0.39, 0.29) is 0 Å². The van der Waals surface area contributed by atoms with Crippen LogP contribution in [0.25, 0.3) is 0 Å². The van der Waals surface area contributed by atoms with Crippen molar-refractivity contribution in [3.8, 4) is 0 Å². The Labute approximate surface area is 107 Å². The van der Waals surface area contributed by atoms with Gasteiger partial charge in [0.2, 0.25) is 10.0 Å². The van der Waals surface area contributed by atoms with E-state index in [0.717, 1.165) is 24.8 Å². The van der Waals surface area contributed by atoms with E-state index < -0.39 is 10.0 Å². The normalized spacial score (nSPS) is 18.2. The van der Waals surface area contributed by atoms with Crippen LogP contribution in [0.2, 0.25) is 5.02 Å². The summed E-state index contributed by atoms with van der Waals surface area (Å²) in [6.45, 7) is 3.09. The van der Waals surface area contributed by atoms with Crippen LogP contribution in [0.3, 0.4) is 0 Å². The number of aryl methyl sites for hydroxylation is 1. The van der Waals surface area contributed by atoms with Gasteiger partial charge in [0.15, 0.2) is 0 Å². The van der Waals surface area contributed by atoms with Gasteiger partial charge in [0.25, 0.3) is 0 Å². The van der Waals surface area contributed by atoms with Gasteiger partial charge in [-0.2, -0.15) is 4.31 Å². The van der Waals surface area contributed by atoms with Crippen LogP contribution in [0.5, 0.6) is 0 Å². The fourth-order valence-electron chi connectivity index (χ4n) is 2.11. The average molecular weight is 274 g/mol. The lowest BCUT2D eigenvalue weighted by Crippen LogP contribution is -2.35. The van der Waals surface area contributed by atoms with Gasteiger partial charge in [-0.05, 0) is 43.5 Å². The Kier molecular flexibility index (Phi) is 3.76. The summed E-state index contributed by atoms with van der Waals surface area (Å²) in [5.74, 6) is 0. The lowest BCUT2D eigenvalue weighted by atomic mass is 10.2. The summed E-state index contributed by atoms with van der Waals surface area (Å²) in [6, 6.07) is 4.96. The summed E-state index contributed by atoms with van der Waals surface area (Å²) >= 11 is 5.91. The summed E-state index contributed by atoms with van der Waals surface area (Å²) in [6.07, 6.45) is 3.00. The zero-order valence-corrected chi connectivity index (χ0v) is 11.4. The Hall–Kier alpha value is -0.580. The summed E-state index contributed by atoms with van der Waals surface area (Å²) < 4.78 is 26.3. The van der Waals surface area contributed by atoms with Gasteiger partial charge in [0.1, 0.15) is 0 Å². The number of hydrogen-bond donors (Lipinski definition) is 0. The number of hydrogen-bond acceptors (Lipinski definition) is 2. The molecule has 2 rings (SSSR count). The fraction of sp³-hybridized carbons (Fsp3) is 0.500. The van der Waals surface area contributed by atoms with Gasteiger partial charge in [-0.15, -0.1) is 0 Å². The monoisotopic (exact) mass is 273 g/mol. The van der Waals surface area contributed by atoms with Crippen molar-refractivity contribution in [2.45, 2.75) is 31.1 Å². The van der Waals surface area contributed by atoms with Gasteiger partial charge in [-0.25, -0.2) is 8.42 Å². The second kappa shape index (κ2) is 4.96. The van der Waals surface area contributed by atoms with E-state index in [4.69, 9.17) is 11.6 Å². The average Bonchev–Trinajstić information content (AvgIpc) is 2.29. The number of sulfonamides is 1. The second-order valence-electron chi connectivity index (χ2n) is 4.43. The second-order valence-corrected chi connectivity index (χ2v) is 6.80. The number of nitrogens with zero attached hydrogens (tertiary/aromatic N) is 1. The Bertz CT molecular complexity index is 487. The van der Waals surface area contributed by atoms with E-state index >= 15 is 0 Å². The zero-order valence-electron chi connectivity index (χ0n) is 9.82. The first-order valence-electron chi connectivity index (χ1n) is 5.77. The van der Waals surface area contributed by atoms with Crippen molar-refractivity contribution < 1.29 is 8.42 Å². The molecule has 0 radical (unpaired) electrons. The first kappa shape index (κ1) is 12.9. The van der Waals surface area contributed by atoms with E-state index in [2.05, 4.69) is 0 Å². The molecule has 3 nitrogen and oxygen atoms in total. The number of piperidine rings is 1. The van der Waals surface area contributed by atoms with E-state index in [0.29, 0.717) is 23.0 Å². The first-order valence-corrected chi connectivity index (χ1v) is 7.59. The number of benzene rings is 1. The molecule has 17 heavy (non-hydrogen) atoms. The Balaban J connectivity index is 2.36. The van der Waals surface area contributed by atoms with E-state index in [1.165, 1.54) is 6.07 Å². The van der Waals surface area contributed by atoms with Crippen LogP contribution in [0.1, 0.15) is 24.8 Å². The quantitative estimate of drug-likeness (QED) is 0.831. The molecule has 0 aliphatic carbocycles. The third-order valence-electron chi connectivity index (χ3n) is 2.97. The van der Waals surface area contributed by atoms with Gasteiger partial charge in [-0.3, -0.25) is 0 Å². The van der Waals surface area contributed by atoms with E-state index in [1.807, 2.05) is 6.92 Å². The molecule has 5 heteroatoms. The zero-order chi connectivity index (χ0) is 12.5. The highest BCUT2D eigenvalue weighted by Crippen LogP contribution is 2.24. The SMILES string of the molecule is Cc1cc(Cl)cc(S(=O)(=O)N2CCCCC2)c1. The molecule has 0 bridgehead atoms. The van der Waals surface area contributed by atoms with Crippen LogP contribution >= 0.6 is 11.6 Å². The molecule has 94 valence electrons. The van der Waals surface area contributed by atoms with Gasteiger partial charge in [-0.1, -0.05) is 18.0 Å². The molecule has 1 saturated heterocycles. The standard InChI is InChI=1S/C12H16ClNO2S/c1-10-7-11(13)9-12(8-10)17(15,16)14-5-3-2-4-6-14/h7-9H,2-6H2,1H3. The molecule has 0 saturated carbocycles. The molecule has 1 fully saturated rings. The highest BCUT2D eigenvalue weighted by molar-refractivity contribution is 7.89. The lowest BCUT2D eigenvalue weighted by molar-refractivity contribution is 0.346. The molecule has 0 spiro atoms. The van der Waals surface area contributed by atoms with Crippen LogP contribution in [0.4, 0.5) is 0 Å². The Morgan fingerprint density at radius 3 is 2.35 bits per heavy atom. The largest absolute Gasteiger partial charge is 0.243 e. The predicted octanol–water partition coefficient (Wildman–Crippen LogP) is 2.82. The maximum Gasteiger partial charge on any atom is 0.243 e. The van der Waals surface area contributed by atoms with Gasteiger partial charge in [0, 0.05) is 18.1 Å². The molecule has 0 atom stereocenters. The minimum Gasteiger partial charge on any atom is -0.207 e. The van der Waals surface area contributed by atoms with Crippen molar-refractivity contribution >= 4 is 21.6 Å². The minimum atomic E-state index is -3.36. The molecule has 1 aromatic rings. The van der Waals surface area contributed by atoms with Crippen molar-refractivity contribution in [2.24, 2.45) is 0 Å². The Morgan fingerprint density at radius 1 is 1.12 bits per heavy atom. The van der Waals surface area contributed by atoms with E-state index in [9.17, 15) is 8.42 Å². The molecule has 1 heterocycles. The van der Waals surface area contributed by atoms with Crippen LogP contribution in [0.15, 0.2) is 23.1 Å². The van der Waals surface area contributed by atoms with Crippen LogP contribution < -0.4 is 0 Å². The van der Waals surface area contributed by atoms with Gasteiger partial charge < -0.3 is 0 Å². The highest BCUT2D eigenvalue weighted by atomic mass is 35.5. The predicted molar refractivity (Wildman–Crippen MR) is 68.8 cm³/mol. The van der Waals surface area contributed by atoms with Crippen LogP contribution in [-0.2, 0) is 10.0 Å². The summed E-state index contributed by atoms with van der Waals surface area (Å²) in [4.78, 5) is 0.310. The molecule has 1 aliphatic heterocycles. The molecular formula is C12H16ClNO2S. The summed E-state index contributed by atoms with van der Waals surface area (Å²) in [5, 5.41) is 0.473. The first-order chi connectivity index (χ1) is 8.00. The third kappa shape index (κ3) is 2.81. The molecule has 0 amide bonds. The maximum atomic E-state index is 12.4. The smallest absolute Gasteiger partial charge is 0.207 e. The van der Waals surface area contributed by atoms with Crippen molar-refractivity contribution in [1.82, 2.24) is 4.31 Å². The fourth-order valence-corrected chi connectivity index (χ4v) is 4.11. The maximum absolute atomic E-state index is 12.4. The molecular weight excluding hydrogens is 258 g/mol. The number of rotatable bonds is 2. The van der Waals surface area contributed by atoms with Crippen molar-refractivity contribution in [2.75, 3.05) is 13.1 Å². The van der Waals surface area contributed by atoms with Gasteiger partial charge in [0.05, 0.1) is 4.90 Å². The van der Waals surface area contributed by atoms with Crippen molar-refractivity contribution in [1.29, 1.82) is 0 Å². The third-order valence-corrected chi connectivity index (χ3v) is 5.06. The Morgan fingerprint density at radius 2 is 1.76 bits per heavy atom. The highest BCUT2D eigenvalue weighted by Gasteiger charge is 2.26. The molecule has 1 aliphatic rings. The van der Waals surface area contributed by atoms with Crippen molar-refractivity contribution in [3.63, 3.8) is 0 Å². The van der Waals surface area contributed by atoms with Gasteiger partial charge >= 0.3 is 0 Å². The molecule has 0 N–H and O–H groups in total. The summed E-state index contributed by atoms with van der Waals surface area (Å²) in [7, 11) is -3.36. The summed E-state index contributed by atoms with van der Waals surface area (Å²) in [5.41, 5.74) is 0.869. The molecule has 0 unspecified atom stereocenters. The topological polar surface area (TPSA) is 37.4 Å². The molecule has 0 aromatic heterocycles. The van der Waals surface area contributed by atoms with Crippen LogP contribution in [0, 0.1) is 6.92 Å². The van der Waals surface area contributed by atoms with E-state index in [1.54, 1.807) is 16.4 Å². The van der Waals surface area contributed by atoms with Crippen molar-refractivity contribution in [3.05, 3.63) is 28.8 Å². The minimum absolute atomic E-state index is 0.310. The molecule has 1 aromatic carbocycles. The number of halogens is 1. The van der Waals surface area contributed by atoms with Crippen LogP contribution in [-0.4, -0.2) is 25.8 Å². The lowest BCUT2D eigenvalue weighted by Gasteiger charge is -2.26.